The number of pyridine rings is 1. The molecule has 0 N–H and O–H groups in total. The summed E-state index contributed by atoms with van der Waals surface area (Å²) in [6, 6.07) is 76.0. The van der Waals surface area contributed by atoms with Gasteiger partial charge in [-0.05, 0) is 87.3 Å². The van der Waals surface area contributed by atoms with Crippen molar-refractivity contribution >= 4 is 55.4 Å². The van der Waals surface area contributed by atoms with Crippen LogP contribution in [0.25, 0.3) is 99.9 Å². The number of furan rings is 1. The van der Waals surface area contributed by atoms with Gasteiger partial charge in [0, 0.05) is 53.6 Å². The van der Waals surface area contributed by atoms with Gasteiger partial charge in [-0.1, -0.05) is 176 Å². The summed E-state index contributed by atoms with van der Waals surface area (Å²) >= 11 is 1.88. The molecule has 3 aromatic heterocycles. The van der Waals surface area contributed by atoms with Crippen LogP contribution < -0.4 is 0 Å². The average Bonchev–Trinajstić information content (AvgIpc) is 3.89. The van der Waals surface area contributed by atoms with Crippen LogP contribution in [0.1, 0.15) is 22.3 Å². The molecule has 4 nitrogen and oxygen atoms in total. The first-order chi connectivity index (χ1) is 32.2. The highest BCUT2D eigenvalue weighted by atomic mass is 32.2. The van der Waals surface area contributed by atoms with Crippen LogP contribution in [0.2, 0.25) is 0 Å². The number of benzene rings is 9. The lowest BCUT2D eigenvalue weighted by Crippen LogP contribution is -2.31. The minimum atomic E-state index is -0.462. The Morgan fingerprint density at radius 1 is 0.369 bits per heavy atom. The van der Waals surface area contributed by atoms with E-state index in [9.17, 15) is 0 Å². The number of hydrogen-bond acceptors (Lipinski definition) is 5. The molecular weight excluding hydrogens is 811 g/mol. The highest BCUT2D eigenvalue weighted by molar-refractivity contribution is 7.99. The van der Waals surface area contributed by atoms with Gasteiger partial charge in [0.1, 0.15) is 11.2 Å². The molecule has 302 valence electrons. The van der Waals surface area contributed by atoms with Crippen LogP contribution in [-0.2, 0) is 5.41 Å². The molecule has 4 heterocycles. The Hall–Kier alpha value is -8.12. The maximum absolute atomic E-state index is 6.31. The molecule has 1 aliphatic heterocycles. The van der Waals surface area contributed by atoms with Crippen LogP contribution in [0.4, 0.5) is 0 Å². The van der Waals surface area contributed by atoms with E-state index in [-0.39, 0.29) is 0 Å². The smallest absolute Gasteiger partial charge is 0.160 e. The van der Waals surface area contributed by atoms with Crippen molar-refractivity contribution in [3.63, 3.8) is 0 Å². The van der Waals surface area contributed by atoms with E-state index >= 15 is 0 Å². The molecule has 12 aromatic rings. The summed E-state index contributed by atoms with van der Waals surface area (Å²) in [5.41, 5.74) is 16.7. The van der Waals surface area contributed by atoms with Gasteiger partial charge in [-0.2, -0.15) is 0 Å². The van der Waals surface area contributed by atoms with Gasteiger partial charge >= 0.3 is 0 Å². The zero-order valence-electron chi connectivity index (χ0n) is 34.9. The highest BCUT2D eigenvalue weighted by Gasteiger charge is 2.50. The van der Waals surface area contributed by atoms with Crippen molar-refractivity contribution in [2.75, 3.05) is 0 Å². The van der Waals surface area contributed by atoms with Crippen molar-refractivity contribution in [3.8, 4) is 56.3 Å². The van der Waals surface area contributed by atoms with Gasteiger partial charge in [0.05, 0.1) is 28.0 Å². The molecule has 0 amide bonds. The van der Waals surface area contributed by atoms with Crippen molar-refractivity contribution in [3.05, 3.63) is 235 Å². The average molecular weight is 846 g/mol. The summed E-state index contributed by atoms with van der Waals surface area (Å²) in [7, 11) is 0. The molecule has 14 rings (SSSR count). The lowest BCUT2D eigenvalue weighted by molar-refractivity contribution is 0.669. The van der Waals surface area contributed by atoms with E-state index in [1.54, 1.807) is 0 Å². The quantitative estimate of drug-likeness (QED) is 0.165. The van der Waals surface area contributed by atoms with Gasteiger partial charge in [0.2, 0.25) is 0 Å². The predicted molar refractivity (Wildman–Crippen MR) is 265 cm³/mol. The molecule has 65 heavy (non-hydrogen) atoms. The number of hydrogen-bond donors (Lipinski definition) is 0. The molecule has 0 saturated carbocycles. The fourth-order valence-electron chi connectivity index (χ4n) is 10.8. The first kappa shape index (κ1) is 36.4. The molecule has 2 aliphatic rings. The summed E-state index contributed by atoms with van der Waals surface area (Å²) in [4.78, 5) is 18.5. The summed E-state index contributed by atoms with van der Waals surface area (Å²) in [6.07, 6.45) is 0. The van der Waals surface area contributed by atoms with E-state index in [0.29, 0.717) is 5.82 Å². The molecule has 1 aliphatic carbocycles. The van der Waals surface area contributed by atoms with Crippen molar-refractivity contribution < 1.29 is 4.42 Å². The van der Waals surface area contributed by atoms with E-state index in [4.69, 9.17) is 19.4 Å². The molecule has 0 fully saturated rings. The van der Waals surface area contributed by atoms with Crippen molar-refractivity contribution in [1.82, 2.24) is 15.0 Å². The Morgan fingerprint density at radius 3 is 1.82 bits per heavy atom. The van der Waals surface area contributed by atoms with E-state index < -0.39 is 5.41 Å². The number of nitrogens with zero attached hydrogens (tertiary/aromatic N) is 3. The predicted octanol–water partition coefficient (Wildman–Crippen LogP) is 15.6. The molecule has 0 atom stereocenters. The number of para-hydroxylation sites is 2. The molecule has 5 heteroatoms. The molecule has 0 unspecified atom stereocenters. The van der Waals surface area contributed by atoms with Crippen LogP contribution in [0.15, 0.2) is 227 Å². The second kappa shape index (κ2) is 13.9. The maximum Gasteiger partial charge on any atom is 0.160 e. The minimum absolute atomic E-state index is 0.462. The van der Waals surface area contributed by atoms with Crippen LogP contribution in [0.3, 0.4) is 0 Å². The first-order valence-electron chi connectivity index (χ1n) is 22.0. The lowest BCUT2D eigenvalue weighted by Gasteiger charge is -2.39. The van der Waals surface area contributed by atoms with Gasteiger partial charge in [-0.25, -0.2) is 15.0 Å². The Morgan fingerprint density at radius 2 is 1.00 bits per heavy atom. The molecule has 1 spiro atoms. The highest BCUT2D eigenvalue weighted by Crippen LogP contribution is 2.63. The van der Waals surface area contributed by atoms with Crippen LogP contribution in [-0.4, -0.2) is 15.0 Å². The Bertz CT molecular complexity index is 3880. The zero-order chi connectivity index (χ0) is 42.6. The van der Waals surface area contributed by atoms with Crippen molar-refractivity contribution in [2.24, 2.45) is 0 Å². The topological polar surface area (TPSA) is 51.8 Å². The van der Waals surface area contributed by atoms with E-state index in [0.717, 1.165) is 77.6 Å². The summed E-state index contributed by atoms with van der Waals surface area (Å²) in [5, 5.41) is 5.58. The summed E-state index contributed by atoms with van der Waals surface area (Å²) < 4.78 is 6.31. The monoisotopic (exact) mass is 845 g/mol. The van der Waals surface area contributed by atoms with Crippen LogP contribution in [0, 0.1) is 0 Å². The van der Waals surface area contributed by atoms with E-state index in [1.807, 2.05) is 54.2 Å². The van der Waals surface area contributed by atoms with Crippen molar-refractivity contribution in [1.29, 1.82) is 0 Å². The lowest BCUT2D eigenvalue weighted by atomic mass is 9.67. The van der Waals surface area contributed by atoms with Gasteiger partial charge in [0.25, 0.3) is 0 Å². The van der Waals surface area contributed by atoms with Gasteiger partial charge in [-0.3, -0.25) is 0 Å². The Kier molecular flexibility index (Phi) is 7.80. The van der Waals surface area contributed by atoms with Gasteiger partial charge in [0.15, 0.2) is 5.82 Å². The molecule has 0 bridgehead atoms. The fraction of sp³-hybridized carbons (Fsp3) is 0.0167. The second-order valence-corrected chi connectivity index (χ2v) is 18.1. The number of rotatable bonds is 4. The van der Waals surface area contributed by atoms with Crippen molar-refractivity contribution in [2.45, 2.75) is 15.2 Å². The number of fused-ring (bicyclic) bond motifs is 15. The Labute approximate surface area is 378 Å². The summed E-state index contributed by atoms with van der Waals surface area (Å²) in [6.45, 7) is 0. The first-order valence-corrected chi connectivity index (χ1v) is 22.8. The second-order valence-electron chi connectivity index (χ2n) is 17.0. The van der Waals surface area contributed by atoms with Crippen LogP contribution >= 0.6 is 11.8 Å². The third-order valence-corrected chi connectivity index (χ3v) is 14.7. The minimum Gasteiger partial charge on any atom is -0.456 e. The van der Waals surface area contributed by atoms with Gasteiger partial charge < -0.3 is 4.42 Å². The van der Waals surface area contributed by atoms with Crippen LogP contribution in [0.5, 0.6) is 0 Å². The largest absolute Gasteiger partial charge is 0.456 e. The molecule has 9 aromatic carbocycles. The van der Waals surface area contributed by atoms with E-state index in [2.05, 4.69) is 170 Å². The maximum atomic E-state index is 6.31. The third-order valence-electron chi connectivity index (χ3n) is 13.6. The molecule has 0 radical (unpaired) electrons. The molecular formula is C60H35N3OS. The normalized spacial score (nSPS) is 13.3. The third kappa shape index (κ3) is 5.30. The van der Waals surface area contributed by atoms with Gasteiger partial charge in [-0.15, -0.1) is 0 Å². The SMILES string of the molecule is c1ccc(-c2nc(-c3ccc(-c4nc5ccccc5c5cc6c(cc45)-c4ccccc4C64c5ccccc5Sc5ccccc54)cc3)cc(-c3cccc4oc5ccccc5c34)n2)cc1. The fourth-order valence-corrected chi connectivity index (χ4v) is 11.9. The van der Waals surface area contributed by atoms with E-state index in [1.165, 1.54) is 48.6 Å². The molecule has 0 saturated heterocycles. The zero-order valence-corrected chi connectivity index (χ0v) is 35.7. The Balaban J connectivity index is 0.964. The summed E-state index contributed by atoms with van der Waals surface area (Å²) in [5.74, 6) is 0.669. The standard InChI is InChI=1S/C60H35N3OS/c1-2-15-38(16-3-1)59-62-51(35-52(63-59)41-20-14-26-54-57(41)42-19-6-11-25-53(42)64-54)36-29-31-37(32-30-36)58-45-33-44-39-17-4-7-21-46(39)60(49(44)34-43(45)40-18-5-10-24-50(40)61-58)47-22-8-12-27-55(47)65-56-28-13-9-23-48(56)60/h1-35H. The number of aromatic nitrogens is 3.